The summed E-state index contributed by atoms with van der Waals surface area (Å²) in [4.78, 5) is 25.0. The molecule has 11 heteroatoms. The molecule has 1 saturated heterocycles. The van der Waals surface area contributed by atoms with Crippen LogP contribution in [0.15, 0.2) is 21.6 Å². The number of amides is 2. The first-order chi connectivity index (χ1) is 11.4. The SMILES string of the molecule is CC(C)(C)[C@H](N)C(=O)N1CCN(S(=O)(=O)c2ccc(C(N)=O)o2)CC1.Cl. The second-order valence-corrected chi connectivity index (χ2v) is 8.92. The number of carbonyl (C=O) groups is 2. The Hall–Kier alpha value is -1.62. The Morgan fingerprint density at radius 3 is 2.12 bits per heavy atom. The molecule has 1 atom stereocenters. The van der Waals surface area contributed by atoms with Crippen molar-refractivity contribution < 1.29 is 22.4 Å². The Morgan fingerprint density at radius 2 is 1.69 bits per heavy atom. The van der Waals surface area contributed by atoms with Crippen LogP contribution in [0.4, 0.5) is 0 Å². The van der Waals surface area contributed by atoms with E-state index in [1.165, 1.54) is 16.4 Å². The van der Waals surface area contributed by atoms with Crippen molar-refractivity contribution in [3.8, 4) is 0 Å². The minimum atomic E-state index is -3.88. The molecule has 2 heterocycles. The van der Waals surface area contributed by atoms with Crippen molar-refractivity contribution in [2.45, 2.75) is 31.9 Å². The monoisotopic (exact) mass is 408 g/mol. The number of hydrogen-bond acceptors (Lipinski definition) is 6. The van der Waals surface area contributed by atoms with Crippen LogP contribution in [0.3, 0.4) is 0 Å². The molecule has 26 heavy (non-hydrogen) atoms. The van der Waals surface area contributed by atoms with Crippen LogP contribution in [0, 0.1) is 5.41 Å². The molecule has 2 amide bonds. The van der Waals surface area contributed by atoms with E-state index in [1.807, 2.05) is 20.8 Å². The largest absolute Gasteiger partial charge is 0.438 e. The standard InChI is InChI=1S/C15H24N4O5S.ClH/c1-15(2,3)12(16)14(21)18-6-8-19(9-7-18)25(22,23)11-5-4-10(24-11)13(17)20;/h4-5,12H,6-9,16H2,1-3H3,(H2,17,20);1H/t12-;/m1./s1. The number of carbonyl (C=O) groups excluding carboxylic acids is 2. The fraction of sp³-hybridized carbons (Fsp3) is 0.600. The highest BCUT2D eigenvalue weighted by Crippen LogP contribution is 2.22. The summed E-state index contributed by atoms with van der Waals surface area (Å²) in [5.41, 5.74) is 10.7. The van der Waals surface area contributed by atoms with E-state index in [-0.39, 0.29) is 60.8 Å². The van der Waals surface area contributed by atoms with Crippen LogP contribution in [-0.2, 0) is 14.8 Å². The molecule has 1 aliphatic heterocycles. The molecule has 0 spiro atoms. The van der Waals surface area contributed by atoms with Gasteiger partial charge in [-0.1, -0.05) is 20.8 Å². The van der Waals surface area contributed by atoms with E-state index in [0.29, 0.717) is 0 Å². The topological polar surface area (TPSA) is 140 Å². The predicted octanol–water partition coefficient (Wildman–Crippen LogP) is 0.00660. The zero-order chi connectivity index (χ0) is 19.0. The van der Waals surface area contributed by atoms with Gasteiger partial charge in [-0.2, -0.15) is 4.31 Å². The van der Waals surface area contributed by atoms with Crippen LogP contribution >= 0.6 is 12.4 Å². The summed E-state index contributed by atoms with van der Waals surface area (Å²) in [5, 5.41) is -0.340. The highest BCUT2D eigenvalue weighted by Gasteiger charge is 2.36. The maximum Gasteiger partial charge on any atom is 0.284 e. The Bertz CT molecular complexity index is 763. The molecule has 0 saturated carbocycles. The molecular formula is C15H25ClN4O5S. The normalized spacial score (nSPS) is 17.5. The van der Waals surface area contributed by atoms with Crippen molar-refractivity contribution in [1.82, 2.24) is 9.21 Å². The fourth-order valence-corrected chi connectivity index (χ4v) is 3.77. The molecule has 148 valence electrons. The van der Waals surface area contributed by atoms with Crippen LogP contribution in [-0.4, -0.2) is 61.7 Å². The van der Waals surface area contributed by atoms with Crippen LogP contribution in [0.2, 0.25) is 0 Å². The summed E-state index contributed by atoms with van der Waals surface area (Å²) in [5.74, 6) is -1.25. The zero-order valence-corrected chi connectivity index (χ0v) is 16.6. The molecule has 1 fully saturated rings. The Morgan fingerprint density at radius 1 is 1.15 bits per heavy atom. The van der Waals surface area contributed by atoms with E-state index in [4.69, 9.17) is 15.9 Å². The van der Waals surface area contributed by atoms with E-state index in [2.05, 4.69) is 0 Å². The number of furan rings is 1. The summed E-state index contributed by atoms with van der Waals surface area (Å²) in [7, 11) is -3.88. The lowest BCUT2D eigenvalue weighted by Crippen LogP contribution is -2.56. The lowest BCUT2D eigenvalue weighted by molar-refractivity contribution is -0.136. The molecule has 0 unspecified atom stereocenters. The number of halogens is 1. The second kappa shape index (κ2) is 7.95. The molecule has 0 aliphatic carbocycles. The molecule has 0 radical (unpaired) electrons. The number of rotatable bonds is 4. The lowest BCUT2D eigenvalue weighted by atomic mass is 9.86. The third-order valence-corrected chi connectivity index (χ3v) is 5.94. The fourth-order valence-electron chi connectivity index (χ4n) is 2.43. The van der Waals surface area contributed by atoms with Gasteiger partial charge in [0.25, 0.3) is 15.9 Å². The molecule has 1 aliphatic rings. The molecule has 1 aromatic heterocycles. The second-order valence-electron chi connectivity index (χ2n) is 7.06. The maximum atomic E-state index is 12.5. The van der Waals surface area contributed by atoms with E-state index in [1.54, 1.807) is 4.90 Å². The van der Waals surface area contributed by atoms with Crippen molar-refractivity contribution in [3.05, 3.63) is 17.9 Å². The summed E-state index contributed by atoms with van der Waals surface area (Å²) in [6, 6.07) is 1.76. The van der Waals surface area contributed by atoms with Gasteiger partial charge in [0.05, 0.1) is 6.04 Å². The first-order valence-electron chi connectivity index (χ1n) is 7.89. The van der Waals surface area contributed by atoms with Gasteiger partial charge in [-0.15, -0.1) is 12.4 Å². The molecule has 9 nitrogen and oxygen atoms in total. The summed E-state index contributed by atoms with van der Waals surface area (Å²) in [6.45, 7) is 6.36. The van der Waals surface area contributed by atoms with Gasteiger partial charge in [0.15, 0.2) is 5.76 Å². The highest BCUT2D eigenvalue weighted by molar-refractivity contribution is 7.89. The van der Waals surface area contributed by atoms with E-state index >= 15 is 0 Å². The average Bonchev–Trinajstić information content (AvgIpc) is 3.03. The number of piperazine rings is 1. The third-order valence-electron chi connectivity index (χ3n) is 4.17. The Labute approximate surface area is 159 Å². The van der Waals surface area contributed by atoms with Gasteiger partial charge in [-0.3, -0.25) is 9.59 Å². The van der Waals surface area contributed by atoms with Crippen LogP contribution in [0.25, 0.3) is 0 Å². The minimum Gasteiger partial charge on any atom is -0.438 e. The van der Waals surface area contributed by atoms with Gasteiger partial charge in [-0.05, 0) is 17.5 Å². The Balaban J connectivity index is 0.00000338. The van der Waals surface area contributed by atoms with Gasteiger partial charge in [0.1, 0.15) is 0 Å². The van der Waals surface area contributed by atoms with Crippen molar-refractivity contribution >= 4 is 34.2 Å². The predicted molar refractivity (Wildman–Crippen MR) is 97.2 cm³/mol. The molecule has 1 aromatic rings. The van der Waals surface area contributed by atoms with Crippen LogP contribution in [0.1, 0.15) is 31.3 Å². The summed E-state index contributed by atoms with van der Waals surface area (Å²) >= 11 is 0. The highest BCUT2D eigenvalue weighted by atomic mass is 35.5. The van der Waals surface area contributed by atoms with Crippen LogP contribution in [0.5, 0.6) is 0 Å². The minimum absolute atomic E-state index is 0. The number of primary amides is 1. The molecule has 0 aromatic carbocycles. The summed E-state index contributed by atoms with van der Waals surface area (Å²) in [6.07, 6.45) is 0. The molecular weight excluding hydrogens is 384 g/mol. The first kappa shape index (κ1) is 22.4. The van der Waals surface area contributed by atoms with Gasteiger partial charge < -0.3 is 20.8 Å². The van der Waals surface area contributed by atoms with Crippen molar-refractivity contribution in [2.75, 3.05) is 26.2 Å². The average molecular weight is 409 g/mol. The summed E-state index contributed by atoms with van der Waals surface area (Å²) < 4.78 is 31.3. The van der Waals surface area contributed by atoms with Crippen molar-refractivity contribution in [2.24, 2.45) is 16.9 Å². The Kier molecular flexibility index (Phi) is 6.86. The smallest absolute Gasteiger partial charge is 0.284 e. The number of nitrogens with two attached hydrogens (primary N) is 2. The number of hydrogen-bond donors (Lipinski definition) is 2. The van der Waals surface area contributed by atoms with Crippen LogP contribution < -0.4 is 11.5 Å². The van der Waals surface area contributed by atoms with Crippen molar-refractivity contribution in [1.29, 1.82) is 0 Å². The molecule has 2 rings (SSSR count). The van der Waals surface area contributed by atoms with Gasteiger partial charge in [0, 0.05) is 26.2 Å². The van der Waals surface area contributed by atoms with E-state index in [0.717, 1.165) is 0 Å². The van der Waals surface area contributed by atoms with E-state index in [9.17, 15) is 18.0 Å². The lowest BCUT2D eigenvalue weighted by Gasteiger charge is -2.37. The maximum absolute atomic E-state index is 12.5. The van der Waals surface area contributed by atoms with E-state index < -0.39 is 22.0 Å². The first-order valence-corrected chi connectivity index (χ1v) is 9.33. The van der Waals surface area contributed by atoms with Gasteiger partial charge in [-0.25, -0.2) is 8.42 Å². The number of sulfonamides is 1. The van der Waals surface area contributed by atoms with Gasteiger partial charge >= 0.3 is 0 Å². The van der Waals surface area contributed by atoms with Gasteiger partial charge in [0.2, 0.25) is 11.0 Å². The third kappa shape index (κ3) is 4.56. The zero-order valence-electron chi connectivity index (χ0n) is 15.0. The molecule has 0 bridgehead atoms. The van der Waals surface area contributed by atoms with Crippen molar-refractivity contribution in [3.63, 3.8) is 0 Å². The number of nitrogens with zero attached hydrogens (tertiary/aromatic N) is 2. The quantitative estimate of drug-likeness (QED) is 0.718. The molecule has 4 N–H and O–H groups in total.